The molecule has 2 aromatic rings. The van der Waals surface area contributed by atoms with Crippen LogP contribution in [0.1, 0.15) is 43.1 Å². The van der Waals surface area contributed by atoms with Gasteiger partial charge in [0.2, 0.25) is 0 Å². The Kier molecular flexibility index (Phi) is 5.39. The van der Waals surface area contributed by atoms with Gasteiger partial charge >= 0.3 is 0 Å². The molecule has 2 aliphatic rings. The summed E-state index contributed by atoms with van der Waals surface area (Å²) < 4.78 is 33.1. The summed E-state index contributed by atoms with van der Waals surface area (Å²) in [5.74, 6) is -0.249. The molecule has 0 radical (unpaired) electrons. The topological polar surface area (TPSA) is 27.7 Å². The molecule has 5 heteroatoms. The Morgan fingerprint density at radius 1 is 1.15 bits per heavy atom. The fraction of sp³-hybridized carbons (Fsp3) is 0.455. The number of alkyl halides is 1. The lowest BCUT2D eigenvalue weighted by molar-refractivity contribution is -0.150. The summed E-state index contributed by atoms with van der Waals surface area (Å²) in [7, 11) is 0. The lowest BCUT2D eigenvalue weighted by Gasteiger charge is -2.41. The Hall–Kier alpha value is -1.27. The fourth-order valence-corrected chi connectivity index (χ4v) is 4.57. The van der Waals surface area contributed by atoms with Crippen molar-refractivity contribution in [2.45, 2.75) is 56.9 Å². The molecule has 0 aromatic heterocycles. The average Bonchev–Trinajstić information content (AvgIpc) is 3.05. The molecule has 0 amide bonds. The zero-order valence-electron chi connectivity index (χ0n) is 15.5. The molecule has 0 bridgehead atoms. The van der Waals surface area contributed by atoms with E-state index in [1.807, 2.05) is 18.2 Å². The predicted molar refractivity (Wildman–Crippen MR) is 105 cm³/mol. The second-order valence-corrected chi connectivity index (χ2v) is 7.97. The molecule has 1 fully saturated rings. The van der Waals surface area contributed by atoms with Gasteiger partial charge in [0.25, 0.3) is 0 Å². The van der Waals surface area contributed by atoms with Crippen molar-refractivity contribution in [1.82, 2.24) is 0 Å². The third-order valence-electron chi connectivity index (χ3n) is 5.59. The van der Waals surface area contributed by atoms with Crippen molar-refractivity contribution in [3.63, 3.8) is 0 Å². The van der Waals surface area contributed by atoms with E-state index in [4.69, 9.17) is 14.2 Å². The number of benzene rings is 2. The van der Waals surface area contributed by atoms with Crippen LogP contribution in [0.3, 0.4) is 0 Å². The highest BCUT2D eigenvalue weighted by Crippen LogP contribution is 2.49. The molecule has 144 valence electrons. The van der Waals surface area contributed by atoms with Crippen molar-refractivity contribution >= 4 is 15.9 Å². The van der Waals surface area contributed by atoms with Crippen molar-refractivity contribution in [3.8, 4) is 0 Å². The summed E-state index contributed by atoms with van der Waals surface area (Å²) in [5, 5.41) is 0.678. The summed E-state index contributed by atoms with van der Waals surface area (Å²) in [6, 6.07) is 15.0. The van der Waals surface area contributed by atoms with Crippen LogP contribution < -0.4 is 0 Å². The van der Waals surface area contributed by atoms with Crippen LogP contribution in [0.4, 0.5) is 4.39 Å². The van der Waals surface area contributed by atoms with E-state index in [-0.39, 0.29) is 36.8 Å². The van der Waals surface area contributed by atoms with Gasteiger partial charge in [-0.1, -0.05) is 65.3 Å². The number of ether oxygens (including phenoxy) is 3. The minimum absolute atomic E-state index is 0.0856. The molecule has 1 unspecified atom stereocenters. The summed E-state index contributed by atoms with van der Waals surface area (Å²) >= 11 is 3.62. The molecule has 4 rings (SSSR count). The second kappa shape index (κ2) is 7.63. The second-order valence-electron chi connectivity index (χ2n) is 7.40. The van der Waals surface area contributed by atoms with Crippen molar-refractivity contribution in [1.29, 1.82) is 0 Å². The van der Waals surface area contributed by atoms with Crippen LogP contribution in [-0.2, 0) is 26.4 Å². The van der Waals surface area contributed by atoms with Gasteiger partial charge in [-0.3, -0.25) is 0 Å². The van der Waals surface area contributed by atoms with Crippen LogP contribution in [0.2, 0.25) is 0 Å². The molecule has 27 heavy (non-hydrogen) atoms. The van der Waals surface area contributed by atoms with Gasteiger partial charge in [-0.05, 0) is 30.5 Å². The molecule has 2 aliphatic heterocycles. The molecule has 2 heterocycles. The normalized spacial score (nSPS) is 32.1. The number of rotatable bonds is 5. The van der Waals surface area contributed by atoms with Crippen molar-refractivity contribution in [2.24, 2.45) is 0 Å². The molecule has 3 nitrogen and oxygen atoms in total. The number of hydrogen-bond donors (Lipinski definition) is 0. The van der Waals surface area contributed by atoms with Gasteiger partial charge in [-0.25, -0.2) is 4.39 Å². The van der Waals surface area contributed by atoms with Gasteiger partial charge in [0.1, 0.15) is 29.7 Å². The minimum atomic E-state index is -0.455. The first-order chi connectivity index (χ1) is 13.1. The zero-order valence-corrected chi connectivity index (χ0v) is 17.1. The Labute approximate surface area is 167 Å². The molecular weight excluding hydrogens is 411 g/mol. The van der Waals surface area contributed by atoms with Crippen LogP contribution in [0, 0.1) is 5.82 Å². The van der Waals surface area contributed by atoms with E-state index in [1.165, 1.54) is 6.07 Å². The van der Waals surface area contributed by atoms with Gasteiger partial charge in [0, 0.05) is 10.9 Å². The molecule has 0 aliphatic carbocycles. The maximum Gasteiger partial charge on any atom is 0.128 e. The summed E-state index contributed by atoms with van der Waals surface area (Å²) in [5.41, 5.74) is 2.40. The third kappa shape index (κ3) is 3.35. The average molecular weight is 435 g/mol. The van der Waals surface area contributed by atoms with Crippen LogP contribution in [0.5, 0.6) is 0 Å². The standard InChI is InChI=1S/C22H24BrFO3/c1-3-18-20(25-12-14-8-4-7-11-17(14)24)21-19(26-18)15-9-5-6-10-16(15)22(2,13-23)27-21/h4-11,18-21H,3,12-13H2,1-2H3/t18-,19-,20+,21+,22?/m1/s1. The largest absolute Gasteiger partial charge is 0.368 e. The Balaban J connectivity index is 1.63. The van der Waals surface area contributed by atoms with Crippen LogP contribution in [0.25, 0.3) is 0 Å². The summed E-state index contributed by atoms with van der Waals surface area (Å²) in [4.78, 5) is 0. The van der Waals surface area contributed by atoms with E-state index < -0.39 is 5.60 Å². The lowest BCUT2D eigenvalue weighted by atomic mass is 9.84. The monoisotopic (exact) mass is 434 g/mol. The molecule has 1 saturated heterocycles. The van der Waals surface area contributed by atoms with Gasteiger partial charge < -0.3 is 14.2 Å². The molecular formula is C22H24BrFO3. The molecule has 0 saturated carbocycles. The molecule has 0 N–H and O–H groups in total. The van der Waals surface area contributed by atoms with E-state index in [9.17, 15) is 4.39 Å². The smallest absolute Gasteiger partial charge is 0.128 e. The fourth-order valence-electron chi connectivity index (χ4n) is 4.13. The number of halogens is 2. The van der Waals surface area contributed by atoms with Gasteiger partial charge in [-0.15, -0.1) is 0 Å². The highest BCUT2D eigenvalue weighted by molar-refractivity contribution is 9.09. The zero-order chi connectivity index (χ0) is 19.0. The predicted octanol–water partition coefficient (Wildman–Crippen LogP) is 5.27. The molecule has 0 spiro atoms. The van der Waals surface area contributed by atoms with Gasteiger partial charge in [0.05, 0.1) is 12.7 Å². The SMILES string of the molecule is CC[C@H]1O[C@@H]2c3ccccc3C(C)(CBr)O[C@@H]2[C@H]1OCc1ccccc1F. The van der Waals surface area contributed by atoms with E-state index in [1.54, 1.807) is 12.1 Å². The molecule has 5 atom stereocenters. The number of fused-ring (bicyclic) bond motifs is 3. The Bertz CT molecular complexity index is 814. The van der Waals surface area contributed by atoms with Gasteiger partial charge in [0.15, 0.2) is 0 Å². The van der Waals surface area contributed by atoms with Crippen molar-refractivity contribution in [3.05, 3.63) is 71.0 Å². The van der Waals surface area contributed by atoms with Crippen LogP contribution in [0.15, 0.2) is 48.5 Å². The maximum absolute atomic E-state index is 14.0. The van der Waals surface area contributed by atoms with Crippen molar-refractivity contribution in [2.75, 3.05) is 5.33 Å². The van der Waals surface area contributed by atoms with Crippen LogP contribution >= 0.6 is 15.9 Å². The minimum Gasteiger partial charge on any atom is -0.368 e. The molecule has 2 aromatic carbocycles. The first kappa shape index (κ1) is 19.1. The van der Waals surface area contributed by atoms with Crippen molar-refractivity contribution < 1.29 is 18.6 Å². The van der Waals surface area contributed by atoms with E-state index >= 15 is 0 Å². The Morgan fingerprint density at radius 3 is 2.63 bits per heavy atom. The lowest BCUT2D eigenvalue weighted by Crippen LogP contribution is -2.45. The summed E-state index contributed by atoms with van der Waals surface area (Å²) in [6.45, 7) is 4.37. The van der Waals surface area contributed by atoms with E-state index in [0.717, 1.165) is 17.5 Å². The van der Waals surface area contributed by atoms with Gasteiger partial charge in [-0.2, -0.15) is 0 Å². The highest BCUT2D eigenvalue weighted by Gasteiger charge is 2.53. The third-order valence-corrected chi connectivity index (χ3v) is 6.66. The van der Waals surface area contributed by atoms with E-state index in [2.05, 4.69) is 41.9 Å². The Morgan fingerprint density at radius 2 is 1.89 bits per heavy atom. The van der Waals surface area contributed by atoms with E-state index in [0.29, 0.717) is 10.9 Å². The quantitative estimate of drug-likeness (QED) is 0.599. The maximum atomic E-state index is 14.0. The van der Waals surface area contributed by atoms with Crippen LogP contribution in [-0.4, -0.2) is 23.6 Å². The highest BCUT2D eigenvalue weighted by atomic mass is 79.9. The number of hydrogen-bond acceptors (Lipinski definition) is 3. The first-order valence-corrected chi connectivity index (χ1v) is 10.5. The first-order valence-electron chi connectivity index (χ1n) is 9.41. The summed E-state index contributed by atoms with van der Waals surface area (Å²) in [6.07, 6.45) is 0.0952.